The van der Waals surface area contributed by atoms with E-state index in [1.807, 2.05) is 12.1 Å². The summed E-state index contributed by atoms with van der Waals surface area (Å²) in [6, 6.07) is 5.52. The number of nitrogens with one attached hydrogen (secondary N) is 2. The Kier molecular flexibility index (Phi) is 6.66. The lowest BCUT2D eigenvalue weighted by atomic mass is 9.74. The van der Waals surface area contributed by atoms with Crippen LogP contribution >= 0.6 is 23.2 Å². The van der Waals surface area contributed by atoms with E-state index in [2.05, 4.69) is 17.6 Å². The normalized spacial score (nSPS) is 23.5. The van der Waals surface area contributed by atoms with Gasteiger partial charge in [0.15, 0.2) is 0 Å². The second-order valence-corrected chi connectivity index (χ2v) is 8.50. The van der Waals surface area contributed by atoms with Crippen LogP contribution in [0.25, 0.3) is 0 Å². The van der Waals surface area contributed by atoms with Crippen LogP contribution in [0.15, 0.2) is 18.2 Å². The molecule has 5 nitrogen and oxygen atoms in total. The second kappa shape index (κ2) is 8.80. The molecule has 2 aliphatic rings. The zero-order chi connectivity index (χ0) is 19.4. The molecule has 1 saturated heterocycles. The number of rotatable bonds is 7. The predicted molar refractivity (Wildman–Crippen MR) is 106 cm³/mol. The molecule has 2 atom stereocenters. The summed E-state index contributed by atoms with van der Waals surface area (Å²) < 4.78 is 5.52. The fourth-order valence-corrected chi connectivity index (χ4v) is 4.31. The Bertz CT molecular complexity index is 704. The fraction of sp³-hybridized carbons (Fsp3) is 0.600. The summed E-state index contributed by atoms with van der Waals surface area (Å²) in [6.45, 7) is 4.18. The third-order valence-electron chi connectivity index (χ3n) is 5.67. The zero-order valence-electron chi connectivity index (χ0n) is 15.5. The van der Waals surface area contributed by atoms with E-state index >= 15 is 0 Å². The van der Waals surface area contributed by atoms with E-state index < -0.39 is 0 Å². The molecule has 1 aliphatic heterocycles. The third kappa shape index (κ3) is 5.15. The van der Waals surface area contributed by atoms with Gasteiger partial charge in [-0.1, -0.05) is 36.2 Å². The van der Waals surface area contributed by atoms with E-state index in [1.165, 1.54) is 0 Å². The van der Waals surface area contributed by atoms with Crippen molar-refractivity contribution in [1.29, 1.82) is 0 Å². The number of hydrogen-bond donors (Lipinski definition) is 2. The summed E-state index contributed by atoms with van der Waals surface area (Å²) in [5.41, 5.74) is 0.732. The molecular formula is C20H26Cl2N2O3. The Morgan fingerprint density at radius 1 is 1.22 bits per heavy atom. The molecule has 3 rings (SSSR count). The highest BCUT2D eigenvalue weighted by molar-refractivity contribution is 6.35. The largest absolute Gasteiger partial charge is 0.381 e. The van der Waals surface area contributed by atoms with Crippen LogP contribution in [0.5, 0.6) is 0 Å². The van der Waals surface area contributed by atoms with Crippen LogP contribution in [-0.4, -0.2) is 38.1 Å². The molecule has 7 heteroatoms. The number of amides is 2. The van der Waals surface area contributed by atoms with Crippen molar-refractivity contribution >= 4 is 35.0 Å². The van der Waals surface area contributed by atoms with Gasteiger partial charge in [0.25, 0.3) is 0 Å². The van der Waals surface area contributed by atoms with E-state index in [0.717, 1.165) is 24.8 Å². The van der Waals surface area contributed by atoms with Crippen molar-refractivity contribution < 1.29 is 14.3 Å². The summed E-state index contributed by atoms with van der Waals surface area (Å²) in [5, 5.41) is 7.08. The molecule has 27 heavy (non-hydrogen) atoms. The van der Waals surface area contributed by atoms with E-state index in [0.29, 0.717) is 42.3 Å². The summed E-state index contributed by atoms with van der Waals surface area (Å²) in [5.74, 6) is 0.584. The van der Waals surface area contributed by atoms with E-state index in [9.17, 15) is 9.59 Å². The lowest BCUT2D eigenvalue weighted by molar-refractivity contribution is -0.123. The minimum Gasteiger partial charge on any atom is -0.381 e. The fourth-order valence-electron chi connectivity index (χ4n) is 3.70. The molecule has 1 heterocycles. The number of carbonyl (C=O) groups excluding carboxylic acids is 2. The van der Waals surface area contributed by atoms with Gasteiger partial charge in [-0.15, -0.1) is 0 Å². The van der Waals surface area contributed by atoms with Crippen LogP contribution in [0.2, 0.25) is 10.0 Å². The molecule has 0 aromatic heterocycles. The quantitative estimate of drug-likeness (QED) is 0.721. The lowest BCUT2D eigenvalue weighted by Crippen LogP contribution is -2.45. The van der Waals surface area contributed by atoms with Crippen LogP contribution in [0.3, 0.4) is 0 Å². The first-order chi connectivity index (χ1) is 12.9. The summed E-state index contributed by atoms with van der Waals surface area (Å²) >= 11 is 12.5. The van der Waals surface area contributed by atoms with Crippen molar-refractivity contribution in [3.8, 4) is 0 Å². The van der Waals surface area contributed by atoms with Crippen LogP contribution in [0.1, 0.15) is 38.2 Å². The van der Waals surface area contributed by atoms with Crippen LogP contribution in [-0.2, 0) is 19.7 Å². The summed E-state index contributed by atoms with van der Waals surface area (Å²) in [4.78, 5) is 24.1. The van der Waals surface area contributed by atoms with E-state index in [1.54, 1.807) is 6.07 Å². The highest BCUT2D eigenvalue weighted by Crippen LogP contribution is 2.39. The topological polar surface area (TPSA) is 67.4 Å². The van der Waals surface area contributed by atoms with Gasteiger partial charge in [-0.25, -0.2) is 0 Å². The molecule has 2 amide bonds. The third-order valence-corrected chi connectivity index (χ3v) is 6.22. The van der Waals surface area contributed by atoms with Gasteiger partial charge in [0, 0.05) is 54.1 Å². The van der Waals surface area contributed by atoms with Gasteiger partial charge in [-0.05, 0) is 42.9 Å². The maximum Gasteiger partial charge on any atom is 0.223 e. The zero-order valence-corrected chi connectivity index (χ0v) is 17.0. The predicted octanol–water partition coefficient (Wildman–Crippen LogP) is 3.32. The number of carbonyl (C=O) groups is 2. The number of ether oxygens (including phenoxy) is 1. The molecule has 0 bridgehead atoms. The van der Waals surface area contributed by atoms with Crippen molar-refractivity contribution in [1.82, 2.24) is 10.6 Å². The van der Waals surface area contributed by atoms with Gasteiger partial charge < -0.3 is 15.4 Å². The van der Waals surface area contributed by atoms with Gasteiger partial charge in [-0.3, -0.25) is 9.59 Å². The van der Waals surface area contributed by atoms with Crippen LogP contribution in [0, 0.1) is 11.8 Å². The Morgan fingerprint density at radius 2 is 1.93 bits per heavy atom. The molecule has 1 aromatic carbocycles. The maximum atomic E-state index is 12.3. The maximum absolute atomic E-state index is 12.3. The van der Waals surface area contributed by atoms with Gasteiger partial charge in [-0.2, -0.15) is 0 Å². The average Bonchev–Trinajstić information content (AvgIpc) is 3.37. The molecule has 1 aliphatic carbocycles. The molecule has 2 N–H and O–H groups in total. The lowest BCUT2D eigenvalue weighted by Gasteiger charge is -2.38. The SMILES string of the molecule is C[C@@H]1C[C@@H]1C(=O)NCCC(=O)NCC1(c2ccc(Cl)cc2Cl)CCOCC1. The Morgan fingerprint density at radius 3 is 2.56 bits per heavy atom. The van der Waals surface area contributed by atoms with Crippen molar-refractivity contribution in [2.75, 3.05) is 26.3 Å². The Balaban J connectivity index is 1.55. The highest BCUT2D eigenvalue weighted by Gasteiger charge is 2.39. The first-order valence-corrected chi connectivity index (χ1v) is 10.2. The Labute approximate surface area is 170 Å². The molecule has 2 fully saturated rings. The average molecular weight is 413 g/mol. The summed E-state index contributed by atoms with van der Waals surface area (Å²) in [7, 11) is 0. The van der Waals surface area contributed by atoms with E-state index in [-0.39, 0.29) is 29.6 Å². The molecule has 148 valence electrons. The number of benzene rings is 1. The van der Waals surface area contributed by atoms with Crippen LogP contribution < -0.4 is 10.6 Å². The highest BCUT2D eigenvalue weighted by atomic mass is 35.5. The van der Waals surface area contributed by atoms with Crippen molar-refractivity contribution in [2.45, 2.75) is 38.0 Å². The van der Waals surface area contributed by atoms with Crippen molar-refractivity contribution in [2.24, 2.45) is 11.8 Å². The van der Waals surface area contributed by atoms with Crippen molar-refractivity contribution in [3.63, 3.8) is 0 Å². The van der Waals surface area contributed by atoms with Gasteiger partial charge in [0.1, 0.15) is 0 Å². The number of halogens is 2. The minimum atomic E-state index is -0.262. The molecule has 0 radical (unpaired) electrons. The standard InChI is InChI=1S/C20H26Cl2N2O3/c1-13-10-15(13)19(26)23-7-4-18(25)24-12-20(5-8-27-9-6-20)16-3-2-14(21)11-17(16)22/h2-3,11,13,15H,4-10,12H2,1H3,(H,23,26)(H,24,25)/t13-,15+/m1/s1. The smallest absolute Gasteiger partial charge is 0.223 e. The molecule has 1 saturated carbocycles. The van der Waals surface area contributed by atoms with Gasteiger partial charge >= 0.3 is 0 Å². The second-order valence-electron chi connectivity index (χ2n) is 7.65. The van der Waals surface area contributed by atoms with Gasteiger partial charge in [0.05, 0.1) is 0 Å². The number of hydrogen-bond acceptors (Lipinski definition) is 3. The molecular weight excluding hydrogens is 387 g/mol. The van der Waals surface area contributed by atoms with E-state index in [4.69, 9.17) is 27.9 Å². The monoisotopic (exact) mass is 412 g/mol. The van der Waals surface area contributed by atoms with Crippen LogP contribution in [0.4, 0.5) is 0 Å². The Hall–Kier alpha value is -1.30. The van der Waals surface area contributed by atoms with Gasteiger partial charge in [0.2, 0.25) is 11.8 Å². The molecule has 1 aromatic rings. The first-order valence-electron chi connectivity index (χ1n) is 9.49. The first kappa shape index (κ1) is 20.4. The van der Waals surface area contributed by atoms with Crippen molar-refractivity contribution in [3.05, 3.63) is 33.8 Å². The minimum absolute atomic E-state index is 0.0594. The molecule has 0 unspecified atom stereocenters. The molecule has 0 spiro atoms. The summed E-state index contributed by atoms with van der Waals surface area (Å²) in [6.07, 6.45) is 2.79.